The molecule has 0 bridgehead atoms. The van der Waals surface area contributed by atoms with Gasteiger partial charge in [-0.3, -0.25) is 0 Å². The minimum atomic E-state index is -1.08. The van der Waals surface area contributed by atoms with E-state index in [1.807, 2.05) is 66.4 Å². The molecule has 0 spiro atoms. The largest absolute Gasteiger partial charge is 0.476 e. The molecule has 0 atom stereocenters. The molecule has 1 N–H and O–H groups in total. The topological polar surface area (TPSA) is 71.2 Å². The van der Waals surface area contributed by atoms with Gasteiger partial charge in [-0.1, -0.05) is 49.4 Å². The number of benzene rings is 2. The van der Waals surface area contributed by atoms with Crippen molar-refractivity contribution in [3.8, 4) is 5.69 Å². The lowest BCUT2D eigenvalue weighted by Gasteiger charge is -2.20. The second kappa shape index (κ2) is 7.82. The molecule has 0 unspecified atom stereocenters. The number of hydrogen-bond acceptors (Lipinski definition) is 4. The molecule has 0 radical (unpaired) electrons. The fraction of sp³-hybridized carbons (Fsp3) is 0.250. The van der Waals surface area contributed by atoms with E-state index in [-0.39, 0.29) is 5.69 Å². The number of nitrogens with zero attached hydrogens (tertiary/aromatic N) is 4. The molecule has 6 nitrogen and oxygen atoms in total. The van der Waals surface area contributed by atoms with Crippen molar-refractivity contribution in [2.45, 2.75) is 26.8 Å². The van der Waals surface area contributed by atoms with Gasteiger partial charge in [0.05, 0.1) is 5.69 Å². The SMILES string of the molecule is CCc1ccc(-n2nc(C(=O)O)c(N(CC)Cc3ccccc3)n2)cc1. The van der Waals surface area contributed by atoms with E-state index in [2.05, 4.69) is 17.1 Å². The molecule has 3 aromatic rings. The molecule has 3 rings (SSSR count). The number of aryl methyl sites for hydroxylation is 1. The molecule has 0 saturated heterocycles. The first kappa shape index (κ1) is 17.7. The number of carboxylic acids is 1. The van der Waals surface area contributed by atoms with E-state index in [1.165, 1.54) is 10.4 Å². The summed E-state index contributed by atoms with van der Waals surface area (Å²) in [6.07, 6.45) is 0.944. The van der Waals surface area contributed by atoms with Crippen molar-refractivity contribution >= 4 is 11.8 Å². The zero-order valence-electron chi connectivity index (χ0n) is 15.0. The van der Waals surface area contributed by atoms with E-state index < -0.39 is 5.97 Å². The summed E-state index contributed by atoms with van der Waals surface area (Å²) in [6.45, 7) is 5.27. The smallest absolute Gasteiger partial charge is 0.360 e. The second-order valence-corrected chi connectivity index (χ2v) is 5.99. The molecule has 0 fully saturated rings. The van der Waals surface area contributed by atoms with Crippen molar-refractivity contribution in [1.82, 2.24) is 15.0 Å². The van der Waals surface area contributed by atoms with Crippen LogP contribution in [0.25, 0.3) is 5.69 Å². The second-order valence-electron chi connectivity index (χ2n) is 5.99. The van der Waals surface area contributed by atoms with Gasteiger partial charge in [-0.2, -0.15) is 0 Å². The predicted octanol–water partition coefficient (Wildman–Crippen LogP) is 3.55. The van der Waals surface area contributed by atoms with Crippen LogP contribution in [0.4, 0.5) is 5.82 Å². The number of aromatic carboxylic acids is 1. The summed E-state index contributed by atoms with van der Waals surface area (Å²) in [7, 11) is 0. The van der Waals surface area contributed by atoms with Gasteiger partial charge in [0, 0.05) is 13.1 Å². The average Bonchev–Trinajstić information content (AvgIpc) is 3.12. The van der Waals surface area contributed by atoms with Crippen LogP contribution >= 0.6 is 0 Å². The molecule has 2 aromatic carbocycles. The molecule has 1 aromatic heterocycles. The number of aromatic nitrogens is 3. The van der Waals surface area contributed by atoms with Gasteiger partial charge in [0.25, 0.3) is 0 Å². The Morgan fingerprint density at radius 1 is 1.00 bits per heavy atom. The number of anilines is 1. The van der Waals surface area contributed by atoms with Crippen LogP contribution in [-0.2, 0) is 13.0 Å². The lowest BCUT2D eigenvalue weighted by Crippen LogP contribution is -2.24. The molecule has 6 heteroatoms. The molecule has 26 heavy (non-hydrogen) atoms. The lowest BCUT2D eigenvalue weighted by molar-refractivity contribution is 0.0690. The van der Waals surface area contributed by atoms with E-state index in [9.17, 15) is 9.90 Å². The van der Waals surface area contributed by atoms with Crippen LogP contribution in [0.2, 0.25) is 0 Å². The van der Waals surface area contributed by atoms with E-state index in [0.29, 0.717) is 18.9 Å². The monoisotopic (exact) mass is 350 g/mol. The van der Waals surface area contributed by atoms with Crippen LogP contribution < -0.4 is 4.90 Å². The van der Waals surface area contributed by atoms with Gasteiger partial charge in [0.2, 0.25) is 5.69 Å². The molecule has 0 saturated carbocycles. The van der Waals surface area contributed by atoms with Crippen molar-refractivity contribution in [2.75, 3.05) is 11.4 Å². The summed E-state index contributed by atoms with van der Waals surface area (Å²) in [5.41, 5.74) is 3.00. The molecule has 134 valence electrons. The molecule has 0 amide bonds. The Bertz CT molecular complexity index is 873. The van der Waals surface area contributed by atoms with E-state index >= 15 is 0 Å². The van der Waals surface area contributed by atoms with Crippen molar-refractivity contribution in [1.29, 1.82) is 0 Å². The highest BCUT2D eigenvalue weighted by molar-refractivity contribution is 5.91. The van der Waals surface area contributed by atoms with Gasteiger partial charge in [0.1, 0.15) is 0 Å². The summed E-state index contributed by atoms with van der Waals surface area (Å²) in [6, 6.07) is 17.7. The zero-order valence-corrected chi connectivity index (χ0v) is 15.0. The molecular weight excluding hydrogens is 328 g/mol. The minimum absolute atomic E-state index is 0.0395. The molecule has 0 aliphatic carbocycles. The summed E-state index contributed by atoms with van der Waals surface area (Å²) < 4.78 is 0. The lowest BCUT2D eigenvalue weighted by atomic mass is 10.2. The van der Waals surface area contributed by atoms with Crippen LogP contribution in [-0.4, -0.2) is 32.6 Å². The summed E-state index contributed by atoms with van der Waals surface area (Å²) >= 11 is 0. The Morgan fingerprint density at radius 3 is 2.27 bits per heavy atom. The van der Waals surface area contributed by atoms with Crippen LogP contribution in [0.1, 0.15) is 35.5 Å². The van der Waals surface area contributed by atoms with Crippen molar-refractivity contribution in [3.05, 3.63) is 71.4 Å². The summed E-state index contributed by atoms with van der Waals surface area (Å²) in [5.74, 6) is -0.702. The van der Waals surface area contributed by atoms with Gasteiger partial charge in [-0.05, 0) is 36.6 Å². The highest BCUT2D eigenvalue weighted by Crippen LogP contribution is 2.20. The van der Waals surface area contributed by atoms with Crippen LogP contribution in [0.15, 0.2) is 54.6 Å². The Kier molecular flexibility index (Phi) is 5.31. The van der Waals surface area contributed by atoms with Gasteiger partial charge in [-0.25, -0.2) is 4.79 Å². The Hall–Kier alpha value is -3.15. The van der Waals surface area contributed by atoms with Gasteiger partial charge in [0.15, 0.2) is 5.82 Å². The Balaban J connectivity index is 1.96. The van der Waals surface area contributed by atoms with Crippen molar-refractivity contribution in [3.63, 3.8) is 0 Å². The fourth-order valence-electron chi connectivity index (χ4n) is 2.77. The summed E-state index contributed by atoms with van der Waals surface area (Å²) in [4.78, 5) is 15.0. The van der Waals surface area contributed by atoms with Crippen molar-refractivity contribution < 1.29 is 9.90 Å². The van der Waals surface area contributed by atoms with Gasteiger partial charge >= 0.3 is 5.97 Å². The first-order chi connectivity index (χ1) is 12.6. The van der Waals surface area contributed by atoms with Crippen LogP contribution in [0.5, 0.6) is 0 Å². The number of carbonyl (C=O) groups is 1. The number of rotatable bonds is 7. The zero-order chi connectivity index (χ0) is 18.5. The maximum Gasteiger partial charge on any atom is 0.360 e. The molecule has 0 aliphatic heterocycles. The maximum atomic E-state index is 11.7. The molecular formula is C20H22N4O2. The van der Waals surface area contributed by atoms with E-state index in [1.54, 1.807) is 0 Å². The number of carboxylic acid groups (broad SMARTS) is 1. The maximum absolute atomic E-state index is 11.7. The minimum Gasteiger partial charge on any atom is -0.476 e. The summed E-state index contributed by atoms with van der Waals surface area (Å²) in [5, 5.41) is 18.3. The van der Waals surface area contributed by atoms with E-state index in [4.69, 9.17) is 0 Å². The van der Waals surface area contributed by atoms with Gasteiger partial charge < -0.3 is 10.0 Å². The quantitative estimate of drug-likeness (QED) is 0.705. The highest BCUT2D eigenvalue weighted by atomic mass is 16.4. The Morgan fingerprint density at radius 2 is 1.69 bits per heavy atom. The van der Waals surface area contributed by atoms with E-state index in [0.717, 1.165) is 17.7 Å². The normalized spacial score (nSPS) is 10.7. The first-order valence-electron chi connectivity index (χ1n) is 8.71. The third-order valence-corrected chi connectivity index (χ3v) is 4.27. The number of hydrogen-bond donors (Lipinski definition) is 1. The first-order valence-corrected chi connectivity index (χ1v) is 8.71. The van der Waals surface area contributed by atoms with Crippen LogP contribution in [0, 0.1) is 0 Å². The third kappa shape index (κ3) is 3.74. The Labute approximate surface area is 152 Å². The standard InChI is InChI=1S/C20H22N4O2/c1-3-15-10-12-17(13-11-15)24-21-18(20(25)26)19(22-24)23(4-2)14-16-8-6-5-7-9-16/h5-13H,3-4,14H2,1-2H3,(H,25,26). The average molecular weight is 350 g/mol. The molecule has 1 heterocycles. The third-order valence-electron chi connectivity index (χ3n) is 4.27. The highest BCUT2D eigenvalue weighted by Gasteiger charge is 2.23. The molecule has 0 aliphatic rings. The van der Waals surface area contributed by atoms with Crippen molar-refractivity contribution in [2.24, 2.45) is 0 Å². The van der Waals surface area contributed by atoms with Gasteiger partial charge in [-0.15, -0.1) is 15.0 Å². The van der Waals surface area contributed by atoms with Crippen LogP contribution in [0.3, 0.4) is 0 Å². The fourth-order valence-corrected chi connectivity index (χ4v) is 2.77. The predicted molar refractivity (Wildman–Crippen MR) is 101 cm³/mol.